The number of aliphatic imine (C=N–C) groups is 1. The number of benzene rings is 3. The molecule has 2 aliphatic heterocycles. The fraction of sp³-hybridized carbons (Fsp3) is 0.396. The van der Waals surface area contributed by atoms with Crippen molar-refractivity contribution in [2.24, 2.45) is 10.4 Å². The number of likely N-dealkylation sites (tertiary alicyclic amines) is 1. The monoisotopic (exact) mass is 1050 g/mol. The zero-order valence-corrected chi connectivity index (χ0v) is 44.0. The number of hydrogen-bond acceptors (Lipinski definition) is 14. The summed E-state index contributed by atoms with van der Waals surface area (Å²) in [5.74, 6) is 0.281. The van der Waals surface area contributed by atoms with Crippen LogP contribution < -0.4 is 20.7 Å². The molecule has 0 spiro atoms. The lowest BCUT2D eigenvalue weighted by Gasteiger charge is -2.35. The highest BCUT2D eigenvalue weighted by Gasteiger charge is 2.44. The molecule has 0 bridgehead atoms. The van der Waals surface area contributed by atoms with E-state index in [0.29, 0.717) is 41.1 Å². The molecule has 0 radical (unpaired) electrons. The second-order valence-corrected chi connectivity index (χ2v) is 21.6. The number of hydrogen-bond donors (Lipinski definition) is 4. The van der Waals surface area contributed by atoms with Gasteiger partial charge in [-0.2, -0.15) is 0 Å². The Balaban J connectivity index is 0.746. The summed E-state index contributed by atoms with van der Waals surface area (Å²) in [7, 11) is 0. The number of carbonyl (C=O) groups is 4. The Bertz CT molecular complexity index is 2950. The first-order valence-electron chi connectivity index (χ1n) is 24.1. The third-order valence-electron chi connectivity index (χ3n) is 12.4. The predicted molar refractivity (Wildman–Crippen MR) is 282 cm³/mol. The van der Waals surface area contributed by atoms with Gasteiger partial charge in [-0.1, -0.05) is 74.8 Å². The fourth-order valence-electron chi connectivity index (χ4n) is 8.72. The number of halogens is 1. The number of ether oxygens (including phenoxy) is 3. The summed E-state index contributed by atoms with van der Waals surface area (Å²) in [6.45, 7) is 12.5. The van der Waals surface area contributed by atoms with E-state index in [0.717, 1.165) is 48.4 Å². The molecule has 73 heavy (non-hydrogen) atoms. The van der Waals surface area contributed by atoms with Gasteiger partial charge < -0.3 is 40.2 Å². The lowest BCUT2D eigenvalue weighted by molar-refractivity contribution is -0.144. The zero-order chi connectivity index (χ0) is 51.8. The van der Waals surface area contributed by atoms with Crippen LogP contribution in [0, 0.1) is 26.2 Å². The molecule has 4 atom stereocenters. The number of anilines is 1. The van der Waals surface area contributed by atoms with Crippen molar-refractivity contribution < 1.29 is 38.5 Å². The summed E-state index contributed by atoms with van der Waals surface area (Å²) >= 11 is 9.42. The predicted octanol–water partition coefficient (Wildman–Crippen LogP) is 7.56. The van der Waals surface area contributed by atoms with E-state index in [1.54, 1.807) is 46.9 Å². The zero-order valence-electron chi connectivity index (χ0n) is 41.6. The van der Waals surface area contributed by atoms with E-state index in [-0.39, 0.29) is 64.2 Å². The molecule has 6 aromatic rings. The molecule has 3 aromatic carbocycles. The van der Waals surface area contributed by atoms with Crippen molar-refractivity contribution in [1.82, 2.24) is 35.3 Å². The van der Waals surface area contributed by atoms with Crippen LogP contribution in [0.5, 0.6) is 5.75 Å². The first-order chi connectivity index (χ1) is 35.0. The van der Waals surface area contributed by atoms with Crippen LogP contribution in [0.3, 0.4) is 0 Å². The van der Waals surface area contributed by atoms with Gasteiger partial charge in [-0.05, 0) is 74.1 Å². The summed E-state index contributed by atoms with van der Waals surface area (Å²) in [6.07, 6.45) is -0.267. The van der Waals surface area contributed by atoms with Gasteiger partial charge in [-0.25, -0.2) is 4.98 Å². The van der Waals surface area contributed by atoms with Gasteiger partial charge >= 0.3 is 0 Å². The Kier molecular flexibility index (Phi) is 17.2. The van der Waals surface area contributed by atoms with Gasteiger partial charge in [0.15, 0.2) is 5.82 Å². The molecular formula is C53H60ClN9O8S2. The van der Waals surface area contributed by atoms with Crippen LogP contribution in [0.25, 0.3) is 15.4 Å². The van der Waals surface area contributed by atoms with Crippen molar-refractivity contribution in [1.29, 1.82) is 0 Å². The van der Waals surface area contributed by atoms with E-state index < -0.39 is 41.5 Å². The minimum atomic E-state index is -0.975. The molecule has 3 aromatic heterocycles. The Morgan fingerprint density at radius 1 is 0.904 bits per heavy atom. The van der Waals surface area contributed by atoms with Gasteiger partial charge in [0.1, 0.15) is 47.9 Å². The molecule has 4 amide bonds. The SMILES string of the molecule is Cc1cc2c(s1)-n1c(C)nnc1C(CC(=O)Nc1cccc(OCCOCCCOCC(=O)N[C@H](C(=O)N3CC(O)C[C@H]3C(=O)NCc3ccc(-c4scnc4C)cc3)C(C)(C)C)c1)N=C2c1ccc(Cl)cc1. The fourth-order valence-corrected chi connectivity index (χ4v) is 10.7. The maximum Gasteiger partial charge on any atom is 0.246 e. The van der Waals surface area contributed by atoms with E-state index in [4.69, 9.17) is 30.8 Å². The number of aromatic nitrogens is 4. The number of nitrogens with zero attached hydrogens (tertiary/aromatic N) is 6. The summed E-state index contributed by atoms with van der Waals surface area (Å²) in [6, 6.07) is 22.1. The number of carbonyl (C=O) groups excluding carboxylic acids is 4. The standard InChI is InChI=1S/C53H60ClN9O8S2/c1-31-23-41-46(35-15-17-37(54)18-16-35)58-42(49-61-60-33(3)63(49)52(41)73-31)26-44(65)57-38-9-7-10-40(24-38)71-22-21-69-19-8-20-70-29-45(66)59-48(53(4,5)6)51(68)62-28-39(64)25-43(62)50(67)55-27-34-11-13-36(14-12-34)47-32(2)56-30-72-47/h7,9-18,23-24,30,39,42-43,48,64H,8,19-22,25-29H2,1-6H3,(H,55,67)(H,57,65)(H,59,66)/t39?,42?,43-,48+/m0/s1. The minimum Gasteiger partial charge on any atom is -0.491 e. The lowest BCUT2D eigenvalue weighted by Crippen LogP contribution is -2.58. The van der Waals surface area contributed by atoms with Crippen molar-refractivity contribution in [3.63, 3.8) is 0 Å². The molecule has 5 heterocycles. The molecular weight excluding hydrogens is 990 g/mol. The largest absolute Gasteiger partial charge is 0.491 e. The van der Waals surface area contributed by atoms with E-state index in [9.17, 15) is 24.3 Å². The molecule has 2 aliphatic rings. The third kappa shape index (κ3) is 13.3. The van der Waals surface area contributed by atoms with Gasteiger partial charge in [0, 0.05) is 65.5 Å². The summed E-state index contributed by atoms with van der Waals surface area (Å²) in [5.41, 5.74) is 7.13. The van der Waals surface area contributed by atoms with E-state index in [2.05, 4.69) is 37.2 Å². The van der Waals surface area contributed by atoms with Crippen LogP contribution in [0.4, 0.5) is 5.69 Å². The number of fused-ring (bicyclic) bond motifs is 3. The number of thiophene rings is 1. The van der Waals surface area contributed by atoms with Gasteiger partial charge in [-0.3, -0.25) is 28.7 Å². The van der Waals surface area contributed by atoms with Gasteiger partial charge in [0.05, 0.1) is 40.9 Å². The van der Waals surface area contributed by atoms with Crippen molar-refractivity contribution in [3.05, 3.63) is 128 Å². The molecule has 384 valence electrons. The van der Waals surface area contributed by atoms with Crippen molar-refractivity contribution in [2.45, 2.75) is 91.6 Å². The number of aliphatic hydroxyl groups is 1. The highest BCUT2D eigenvalue weighted by Crippen LogP contribution is 2.38. The number of aliphatic hydroxyl groups excluding tert-OH is 1. The van der Waals surface area contributed by atoms with Crippen molar-refractivity contribution in [2.75, 3.05) is 44.9 Å². The van der Waals surface area contributed by atoms with Crippen molar-refractivity contribution >= 4 is 69.3 Å². The molecule has 8 rings (SSSR count). The summed E-state index contributed by atoms with van der Waals surface area (Å²) in [5, 5.41) is 29.7. The van der Waals surface area contributed by atoms with Gasteiger partial charge in [0.25, 0.3) is 0 Å². The molecule has 20 heteroatoms. The number of rotatable bonds is 20. The van der Waals surface area contributed by atoms with Crippen LogP contribution in [0.15, 0.2) is 89.4 Å². The maximum atomic E-state index is 14.0. The van der Waals surface area contributed by atoms with E-state index >= 15 is 0 Å². The Hall–Kier alpha value is -6.35. The second-order valence-electron chi connectivity index (χ2n) is 19.1. The maximum absolute atomic E-state index is 14.0. The summed E-state index contributed by atoms with van der Waals surface area (Å²) < 4.78 is 19.3. The summed E-state index contributed by atoms with van der Waals surface area (Å²) in [4.78, 5) is 67.2. The normalized spacial score (nSPS) is 16.7. The molecule has 0 saturated carbocycles. The topological polar surface area (TPSA) is 211 Å². The van der Waals surface area contributed by atoms with Crippen LogP contribution in [0.2, 0.25) is 5.02 Å². The highest BCUT2D eigenvalue weighted by molar-refractivity contribution is 7.15. The number of aryl methyl sites for hydroxylation is 3. The van der Waals surface area contributed by atoms with Crippen LogP contribution in [0.1, 0.15) is 85.0 Å². The molecule has 2 unspecified atom stereocenters. The van der Waals surface area contributed by atoms with Crippen LogP contribution >= 0.6 is 34.3 Å². The smallest absolute Gasteiger partial charge is 0.246 e. The highest BCUT2D eigenvalue weighted by atomic mass is 35.5. The van der Waals surface area contributed by atoms with Gasteiger partial charge in [0.2, 0.25) is 23.6 Å². The molecule has 1 saturated heterocycles. The number of amides is 4. The first-order valence-corrected chi connectivity index (χ1v) is 26.2. The third-order valence-corrected chi connectivity index (χ3v) is 14.6. The Morgan fingerprint density at radius 2 is 1.66 bits per heavy atom. The van der Waals surface area contributed by atoms with E-state index in [1.807, 2.05) is 100 Å². The van der Waals surface area contributed by atoms with Crippen molar-refractivity contribution in [3.8, 4) is 21.2 Å². The molecule has 1 fully saturated rings. The number of nitrogens with one attached hydrogen (secondary N) is 3. The molecule has 0 aliphatic carbocycles. The Labute approximate surface area is 437 Å². The average molecular weight is 1050 g/mol. The number of thiazole rings is 1. The van der Waals surface area contributed by atoms with Gasteiger partial charge in [-0.15, -0.1) is 32.9 Å². The quantitative estimate of drug-likeness (QED) is 0.0548. The lowest BCUT2D eigenvalue weighted by atomic mass is 9.85. The average Bonchev–Trinajstić information content (AvgIpc) is 4.15. The molecule has 4 N–H and O–H groups in total. The minimum absolute atomic E-state index is 0.0208. The second kappa shape index (κ2) is 23.7. The van der Waals surface area contributed by atoms with E-state index in [1.165, 1.54) is 4.90 Å². The molecule has 17 nitrogen and oxygen atoms in total. The first kappa shape index (κ1) is 53.0. The van der Waals surface area contributed by atoms with Crippen LogP contribution in [-0.4, -0.2) is 117 Å². The number of β-amino-alcohol motifs (C(OH)–C–C–N with tert-alkyl or cyclic N) is 1. The van der Waals surface area contributed by atoms with Crippen LogP contribution in [-0.2, 0) is 35.2 Å². The Morgan fingerprint density at radius 3 is 2.40 bits per heavy atom.